The monoisotopic (exact) mass is 617 g/mol. The molecular weight excluding hydrogens is 579 g/mol. The maximum absolute atomic E-state index is 13.8. The zero-order valence-corrected chi connectivity index (χ0v) is 24.7. The van der Waals surface area contributed by atoms with Crippen LogP contribution in [0, 0.1) is 11.7 Å². The number of esters is 1. The van der Waals surface area contributed by atoms with E-state index in [-0.39, 0.29) is 29.4 Å². The molecule has 0 aromatic heterocycles. The van der Waals surface area contributed by atoms with E-state index in [4.69, 9.17) is 9.47 Å². The van der Waals surface area contributed by atoms with Crippen LogP contribution in [0.25, 0.3) is 0 Å². The van der Waals surface area contributed by atoms with Gasteiger partial charge in [0, 0.05) is 5.92 Å². The molecule has 2 aromatic rings. The average Bonchev–Trinajstić information content (AvgIpc) is 3.54. The van der Waals surface area contributed by atoms with Gasteiger partial charge in [-0.3, -0.25) is 4.79 Å². The molecule has 3 unspecified atom stereocenters. The van der Waals surface area contributed by atoms with Crippen LogP contribution in [0.4, 0.5) is 30.7 Å². The molecule has 0 amide bonds. The van der Waals surface area contributed by atoms with E-state index in [1.165, 1.54) is 19.1 Å². The third-order valence-corrected chi connectivity index (χ3v) is 8.39. The Morgan fingerprint density at radius 2 is 1.49 bits per heavy atom. The number of alkyl halides is 6. The Kier molecular flexibility index (Phi) is 9.57. The van der Waals surface area contributed by atoms with Crippen molar-refractivity contribution in [2.24, 2.45) is 5.92 Å². The number of ether oxygens (including phenoxy) is 2. The van der Waals surface area contributed by atoms with E-state index in [0.29, 0.717) is 44.4 Å². The molecule has 0 saturated heterocycles. The minimum Gasteiger partial charge on any atom is -0.459 e. The molecule has 4 rings (SSSR count). The van der Waals surface area contributed by atoms with E-state index in [2.05, 4.69) is 5.32 Å². The SMILES string of the molecule is C[C@@H](OC1CCC(CNC2(C(=O)OC(C)(C)C)CCCC2)C1c1ccc(F)cc1)c1cc(C(F)(F)F)cc(C(F)(F)F)c1. The molecule has 0 radical (unpaired) electrons. The van der Waals surface area contributed by atoms with Crippen molar-refractivity contribution in [1.29, 1.82) is 0 Å². The highest BCUT2D eigenvalue weighted by molar-refractivity contribution is 5.81. The van der Waals surface area contributed by atoms with Gasteiger partial charge in [0.1, 0.15) is 17.0 Å². The first-order valence-corrected chi connectivity index (χ1v) is 14.6. The van der Waals surface area contributed by atoms with E-state index in [1.807, 2.05) is 0 Å². The summed E-state index contributed by atoms with van der Waals surface area (Å²) in [5.41, 5.74) is -3.82. The van der Waals surface area contributed by atoms with Gasteiger partial charge >= 0.3 is 18.3 Å². The lowest BCUT2D eigenvalue weighted by atomic mass is 9.86. The number of hydrogen-bond donors (Lipinski definition) is 1. The van der Waals surface area contributed by atoms with Crippen LogP contribution in [0.5, 0.6) is 0 Å². The molecule has 1 N–H and O–H groups in total. The predicted octanol–water partition coefficient (Wildman–Crippen LogP) is 8.75. The van der Waals surface area contributed by atoms with Gasteiger partial charge in [0.2, 0.25) is 0 Å². The predicted molar refractivity (Wildman–Crippen MR) is 147 cm³/mol. The van der Waals surface area contributed by atoms with Gasteiger partial charge in [-0.05, 0) is 107 Å². The van der Waals surface area contributed by atoms with Crippen LogP contribution in [-0.4, -0.2) is 29.8 Å². The summed E-state index contributed by atoms with van der Waals surface area (Å²) in [7, 11) is 0. The minimum absolute atomic E-state index is 0.0956. The highest BCUT2D eigenvalue weighted by Gasteiger charge is 2.46. The highest BCUT2D eigenvalue weighted by atomic mass is 19.4. The fourth-order valence-corrected chi connectivity index (χ4v) is 6.28. The summed E-state index contributed by atoms with van der Waals surface area (Å²) in [6, 6.07) is 7.31. The van der Waals surface area contributed by atoms with Gasteiger partial charge in [-0.15, -0.1) is 0 Å². The Hall–Kier alpha value is -2.66. The summed E-state index contributed by atoms with van der Waals surface area (Å²) in [6.45, 7) is 7.25. The zero-order chi connectivity index (χ0) is 31.8. The molecule has 0 heterocycles. The Bertz CT molecular complexity index is 1230. The molecule has 0 spiro atoms. The molecule has 4 atom stereocenters. The molecule has 0 bridgehead atoms. The van der Waals surface area contributed by atoms with E-state index < -0.39 is 52.6 Å². The topological polar surface area (TPSA) is 47.6 Å². The van der Waals surface area contributed by atoms with Gasteiger partial charge in [0.05, 0.1) is 23.3 Å². The number of halogens is 7. The van der Waals surface area contributed by atoms with Crippen LogP contribution in [0.1, 0.15) is 100 Å². The number of nitrogens with one attached hydrogen (secondary N) is 1. The van der Waals surface area contributed by atoms with Gasteiger partial charge in [-0.25, -0.2) is 4.39 Å². The largest absolute Gasteiger partial charge is 0.459 e. The summed E-state index contributed by atoms with van der Waals surface area (Å²) in [5, 5.41) is 3.47. The molecule has 2 saturated carbocycles. The van der Waals surface area contributed by atoms with Crippen molar-refractivity contribution in [3.8, 4) is 0 Å². The standard InChI is InChI=1S/C32H38F7NO3/c1-19(22-15-23(31(34,35)36)17-24(16-22)32(37,38)39)42-26-12-9-21(27(26)20-7-10-25(33)11-8-20)18-40-30(13-5-6-14-30)28(41)43-29(2,3)4/h7-8,10-11,15-17,19,21,26-27,40H,5-6,9,12-14,18H2,1-4H3/t19-,21?,26?,27?/m1/s1. The van der Waals surface area contributed by atoms with Crippen LogP contribution in [-0.2, 0) is 26.6 Å². The van der Waals surface area contributed by atoms with Crippen molar-refractivity contribution < 1.29 is 45.0 Å². The highest BCUT2D eigenvalue weighted by Crippen LogP contribution is 2.45. The quantitative estimate of drug-likeness (QED) is 0.238. The number of carbonyl (C=O) groups excluding carboxylic acids is 1. The lowest BCUT2D eigenvalue weighted by Gasteiger charge is -2.34. The van der Waals surface area contributed by atoms with Crippen molar-refractivity contribution in [3.63, 3.8) is 0 Å². The van der Waals surface area contributed by atoms with Crippen molar-refractivity contribution in [2.75, 3.05) is 6.54 Å². The number of benzene rings is 2. The molecule has 11 heteroatoms. The lowest BCUT2D eigenvalue weighted by molar-refractivity contribution is -0.163. The molecule has 43 heavy (non-hydrogen) atoms. The Morgan fingerprint density at radius 3 is 2.00 bits per heavy atom. The van der Waals surface area contributed by atoms with Gasteiger partial charge in [-0.1, -0.05) is 25.0 Å². The van der Waals surface area contributed by atoms with Gasteiger partial charge in [0.15, 0.2) is 0 Å². The van der Waals surface area contributed by atoms with E-state index in [9.17, 15) is 35.5 Å². The van der Waals surface area contributed by atoms with Crippen molar-refractivity contribution >= 4 is 5.97 Å². The average molecular weight is 618 g/mol. The summed E-state index contributed by atoms with van der Waals surface area (Å²) in [4.78, 5) is 13.2. The zero-order valence-electron chi connectivity index (χ0n) is 24.7. The second-order valence-electron chi connectivity index (χ2n) is 12.7. The fraction of sp³-hybridized carbons (Fsp3) is 0.594. The Labute approximate surface area is 247 Å². The van der Waals surface area contributed by atoms with E-state index in [0.717, 1.165) is 18.4 Å². The van der Waals surface area contributed by atoms with Crippen molar-refractivity contribution in [3.05, 3.63) is 70.5 Å². The Balaban J connectivity index is 1.59. The molecule has 2 aliphatic rings. The first-order valence-electron chi connectivity index (χ1n) is 14.6. The third-order valence-electron chi connectivity index (χ3n) is 8.39. The summed E-state index contributed by atoms with van der Waals surface area (Å²) < 4.78 is 107. The van der Waals surface area contributed by atoms with Crippen LogP contribution >= 0.6 is 0 Å². The normalized spacial score (nSPS) is 23.4. The van der Waals surface area contributed by atoms with Gasteiger partial charge < -0.3 is 14.8 Å². The summed E-state index contributed by atoms with van der Waals surface area (Å²) in [5.74, 6) is -1.21. The third kappa shape index (κ3) is 8.09. The second kappa shape index (κ2) is 12.4. The molecule has 2 fully saturated rings. The maximum Gasteiger partial charge on any atom is 0.416 e. The minimum atomic E-state index is -4.97. The molecule has 238 valence electrons. The summed E-state index contributed by atoms with van der Waals surface area (Å²) in [6.07, 6.45) is -7.56. The van der Waals surface area contributed by atoms with Crippen molar-refractivity contribution in [2.45, 2.75) is 108 Å². The van der Waals surface area contributed by atoms with Crippen LogP contribution in [0.15, 0.2) is 42.5 Å². The van der Waals surface area contributed by atoms with Gasteiger partial charge in [-0.2, -0.15) is 26.3 Å². The van der Waals surface area contributed by atoms with Crippen LogP contribution in [0.2, 0.25) is 0 Å². The van der Waals surface area contributed by atoms with E-state index >= 15 is 0 Å². The van der Waals surface area contributed by atoms with Crippen LogP contribution in [0.3, 0.4) is 0 Å². The second-order valence-corrected chi connectivity index (χ2v) is 12.7. The first kappa shape index (κ1) is 33.2. The van der Waals surface area contributed by atoms with Crippen molar-refractivity contribution in [1.82, 2.24) is 5.32 Å². The first-order chi connectivity index (χ1) is 19.9. The fourth-order valence-electron chi connectivity index (χ4n) is 6.28. The molecule has 2 aliphatic carbocycles. The number of hydrogen-bond acceptors (Lipinski definition) is 4. The van der Waals surface area contributed by atoms with E-state index in [1.54, 1.807) is 32.9 Å². The lowest BCUT2D eigenvalue weighted by Crippen LogP contribution is -2.54. The maximum atomic E-state index is 13.8. The smallest absolute Gasteiger partial charge is 0.416 e. The number of carbonyl (C=O) groups is 1. The van der Waals surface area contributed by atoms with Crippen LogP contribution < -0.4 is 5.32 Å². The molecule has 0 aliphatic heterocycles. The van der Waals surface area contributed by atoms with Gasteiger partial charge in [0.25, 0.3) is 0 Å². The number of rotatable bonds is 8. The molecule has 4 nitrogen and oxygen atoms in total. The molecule has 2 aromatic carbocycles. The Morgan fingerprint density at radius 1 is 0.930 bits per heavy atom. The molecular formula is C32H38F7NO3. The summed E-state index contributed by atoms with van der Waals surface area (Å²) >= 11 is 0.